The predicted octanol–water partition coefficient (Wildman–Crippen LogP) is 4.01. The van der Waals surface area contributed by atoms with Crippen molar-refractivity contribution >= 4 is 17.4 Å². The van der Waals surface area contributed by atoms with E-state index in [1.807, 2.05) is 6.07 Å². The molecule has 1 heterocycles. The third-order valence-electron chi connectivity index (χ3n) is 5.30. The summed E-state index contributed by atoms with van der Waals surface area (Å²) in [7, 11) is 0. The Hall–Kier alpha value is -2.49. The predicted molar refractivity (Wildman–Crippen MR) is 97.4 cm³/mol. The van der Waals surface area contributed by atoms with Crippen molar-refractivity contribution in [3.8, 4) is 0 Å². The van der Waals surface area contributed by atoms with Crippen molar-refractivity contribution in [3.63, 3.8) is 0 Å². The van der Waals surface area contributed by atoms with E-state index in [2.05, 4.69) is 41.7 Å². The molecule has 1 aliphatic carbocycles. The number of urea groups is 1. The molecule has 2 amide bonds. The monoisotopic (exact) mass is 321 g/mol. The highest BCUT2D eigenvalue weighted by Crippen LogP contribution is 2.36. The summed E-state index contributed by atoms with van der Waals surface area (Å²) < 4.78 is 0. The van der Waals surface area contributed by atoms with Crippen LogP contribution in [-0.2, 0) is 13.0 Å². The molecule has 0 spiro atoms. The first kappa shape index (κ1) is 15.1. The molecule has 0 aromatic heterocycles. The molecule has 2 aromatic carbocycles. The number of hydrogen-bond donors (Lipinski definition) is 2. The first-order valence-electron chi connectivity index (χ1n) is 8.73. The van der Waals surface area contributed by atoms with Crippen molar-refractivity contribution in [2.45, 2.75) is 38.1 Å². The van der Waals surface area contributed by atoms with Gasteiger partial charge >= 0.3 is 6.03 Å². The first-order chi connectivity index (χ1) is 11.7. The van der Waals surface area contributed by atoms with Gasteiger partial charge in [0.15, 0.2) is 0 Å². The maximum atomic E-state index is 11.5. The van der Waals surface area contributed by atoms with Crippen LogP contribution in [0.25, 0.3) is 0 Å². The number of rotatable bonds is 4. The molecule has 4 heteroatoms. The second-order valence-corrected chi connectivity index (χ2v) is 6.81. The van der Waals surface area contributed by atoms with Gasteiger partial charge in [-0.3, -0.25) is 4.90 Å². The van der Waals surface area contributed by atoms with Gasteiger partial charge in [-0.05, 0) is 54.0 Å². The topological polar surface area (TPSA) is 58.4 Å². The SMILES string of the molecule is NC(=O)N1CCc2ccc(NCc3ccc(C4CCC4)cc3)cc21. The standard InChI is InChI=1S/C20H23N3O/c21-20(24)23-11-10-17-8-9-18(12-19(17)23)22-13-14-4-6-16(7-5-14)15-2-1-3-15/h4-9,12,15,22H,1-3,10-11,13H2,(H2,21,24). The molecule has 0 atom stereocenters. The minimum atomic E-state index is -0.377. The molecule has 1 fully saturated rings. The van der Waals surface area contributed by atoms with Crippen molar-refractivity contribution in [1.82, 2.24) is 0 Å². The van der Waals surface area contributed by atoms with E-state index in [-0.39, 0.29) is 6.03 Å². The van der Waals surface area contributed by atoms with Crippen LogP contribution >= 0.6 is 0 Å². The molecule has 4 rings (SSSR count). The third-order valence-corrected chi connectivity index (χ3v) is 5.30. The van der Waals surface area contributed by atoms with Crippen LogP contribution in [0.1, 0.15) is 41.9 Å². The molecule has 24 heavy (non-hydrogen) atoms. The Balaban J connectivity index is 1.42. The molecule has 2 aliphatic rings. The Morgan fingerprint density at radius 3 is 2.62 bits per heavy atom. The van der Waals surface area contributed by atoms with Crippen molar-refractivity contribution in [2.75, 3.05) is 16.8 Å². The fraction of sp³-hybridized carbons (Fsp3) is 0.350. The van der Waals surface area contributed by atoms with Crippen molar-refractivity contribution < 1.29 is 4.79 Å². The molecule has 1 aliphatic heterocycles. The quantitative estimate of drug-likeness (QED) is 0.894. The average molecular weight is 321 g/mol. The molecular formula is C20H23N3O. The Bertz CT molecular complexity index is 750. The minimum Gasteiger partial charge on any atom is -0.381 e. The summed E-state index contributed by atoms with van der Waals surface area (Å²) in [5.41, 5.74) is 11.3. The zero-order valence-electron chi connectivity index (χ0n) is 13.8. The van der Waals surface area contributed by atoms with Gasteiger partial charge in [-0.15, -0.1) is 0 Å². The van der Waals surface area contributed by atoms with E-state index in [9.17, 15) is 4.79 Å². The van der Waals surface area contributed by atoms with Crippen LogP contribution in [0.3, 0.4) is 0 Å². The van der Waals surface area contributed by atoms with Gasteiger partial charge in [-0.1, -0.05) is 36.8 Å². The van der Waals surface area contributed by atoms with Crippen molar-refractivity contribution in [3.05, 3.63) is 59.2 Å². The number of primary amides is 1. The van der Waals surface area contributed by atoms with E-state index in [1.165, 1.54) is 36.0 Å². The van der Waals surface area contributed by atoms with Gasteiger partial charge in [0.25, 0.3) is 0 Å². The van der Waals surface area contributed by atoms with E-state index in [0.717, 1.165) is 30.3 Å². The summed E-state index contributed by atoms with van der Waals surface area (Å²) in [4.78, 5) is 13.1. The lowest BCUT2D eigenvalue weighted by Gasteiger charge is -2.25. The van der Waals surface area contributed by atoms with Gasteiger partial charge in [0.2, 0.25) is 0 Å². The van der Waals surface area contributed by atoms with Crippen LogP contribution in [0.5, 0.6) is 0 Å². The lowest BCUT2D eigenvalue weighted by atomic mass is 9.80. The molecule has 124 valence electrons. The molecule has 1 saturated carbocycles. The minimum absolute atomic E-state index is 0.377. The number of anilines is 2. The number of nitrogens with zero attached hydrogens (tertiary/aromatic N) is 1. The maximum absolute atomic E-state index is 11.5. The Kier molecular flexibility index (Phi) is 3.89. The fourth-order valence-electron chi connectivity index (χ4n) is 3.57. The molecular weight excluding hydrogens is 298 g/mol. The number of hydrogen-bond acceptors (Lipinski definition) is 2. The highest BCUT2D eigenvalue weighted by atomic mass is 16.2. The summed E-state index contributed by atoms with van der Waals surface area (Å²) in [6, 6.07) is 14.8. The molecule has 0 saturated heterocycles. The lowest BCUT2D eigenvalue weighted by molar-refractivity contribution is 0.254. The number of carbonyl (C=O) groups excluding carboxylic acids is 1. The average Bonchev–Trinajstić information content (AvgIpc) is 2.96. The molecule has 2 aromatic rings. The molecule has 3 N–H and O–H groups in total. The normalized spacial score (nSPS) is 16.6. The number of nitrogens with one attached hydrogen (secondary N) is 1. The molecule has 0 radical (unpaired) electrons. The molecule has 4 nitrogen and oxygen atoms in total. The van der Waals surface area contributed by atoms with Crippen LogP contribution in [0.15, 0.2) is 42.5 Å². The van der Waals surface area contributed by atoms with E-state index < -0.39 is 0 Å². The highest BCUT2D eigenvalue weighted by Gasteiger charge is 2.23. The highest BCUT2D eigenvalue weighted by molar-refractivity contribution is 5.93. The second kappa shape index (κ2) is 6.19. The fourth-order valence-corrected chi connectivity index (χ4v) is 3.57. The van der Waals surface area contributed by atoms with E-state index in [1.54, 1.807) is 4.90 Å². The summed E-state index contributed by atoms with van der Waals surface area (Å²) in [6.45, 7) is 1.46. The largest absolute Gasteiger partial charge is 0.381 e. The summed E-state index contributed by atoms with van der Waals surface area (Å²) in [6.07, 6.45) is 4.92. The summed E-state index contributed by atoms with van der Waals surface area (Å²) in [5, 5.41) is 3.45. The van der Waals surface area contributed by atoms with E-state index in [4.69, 9.17) is 5.73 Å². The van der Waals surface area contributed by atoms with Gasteiger partial charge in [0.05, 0.1) is 5.69 Å². The van der Waals surface area contributed by atoms with E-state index >= 15 is 0 Å². The van der Waals surface area contributed by atoms with Gasteiger partial charge in [0.1, 0.15) is 0 Å². The number of carbonyl (C=O) groups is 1. The van der Waals surface area contributed by atoms with Crippen LogP contribution in [0.2, 0.25) is 0 Å². The number of fused-ring (bicyclic) bond motifs is 1. The maximum Gasteiger partial charge on any atom is 0.319 e. The van der Waals surface area contributed by atoms with Gasteiger partial charge in [-0.2, -0.15) is 0 Å². The zero-order valence-corrected chi connectivity index (χ0v) is 13.8. The van der Waals surface area contributed by atoms with Gasteiger partial charge < -0.3 is 11.1 Å². The van der Waals surface area contributed by atoms with Crippen LogP contribution in [-0.4, -0.2) is 12.6 Å². The van der Waals surface area contributed by atoms with Crippen molar-refractivity contribution in [2.24, 2.45) is 5.73 Å². The molecule has 0 bridgehead atoms. The number of amides is 2. The third kappa shape index (κ3) is 2.84. The lowest BCUT2D eigenvalue weighted by Crippen LogP contribution is -2.33. The Morgan fingerprint density at radius 2 is 1.96 bits per heavy atom. The summed E-state index contributed by atoms with van der Waals surface area (Å²) in [5.74, 6) is 0.781. The molecule has 0 unspecified atom stereocenters. The van der Waals surface area contributed by atoms with E-state index in [0.29, 0.717) is 6.54 Å². The van der Waals surface area contributed by atoms with Crippen LogP contribution < -0.4 is 16.0 Å². The number of nitrogens with two attached hydrogens (primary N) is 1. The van der Waals surface area contributed by atoms with Crippen LogP contribution in [0.4, 0.5) is 16.2 Å². The number of benzene rings is 2. The van der Waals surface area contributed by atoms with Crippen LogP contribution in [0, 0.1) is 0 Å². The Morgan fingerprint density at radius 1 is 1.17 bits per heavy atom. The smallest absolute Gasteiger partial charge is 0.319 e. The van der Waals surface area contributed by atoms with Gasteiger partial charge in [-0.25, -0.2) is 4.79 Å². The second-order valence-electron chi connectivity index (χ2n) is 6.81. The Labute approximate surface area is 142 Å². The summed E-state index contributed by atoms with van der Waals surface area (Å²) >= 11 is 0. The van der Waals surface area contributed by atoms with Crippen molar-refractivity contribution in [1.29, 1.82) is 0 Å². The first-order valence-corrected chi connectivity index (χ1v) is 8.73. The zero-order chi connectivity index (χ0) is 16.5. The van der Waals surface area contributed by atoms with Gasteiger partial charge in [0, 0.05) is 18.8 Å².